The van der Waals surface area contributed by atoms with Gasteiger partial charge in [0, 0.05) is 11.7 Å². The lowest BCUT2D eigenvalue weighted by molar-refractivity contribution is 0.291. The summed E-state index contributed by atoms with van der Waals surface area (Å²) in [4.78, 5) is 0. The van der Waals surface area contributed by atoms with Crippen LogP contribution in [0.3, 0.4) is 0 Å². The molecule has 2 unspecified atom stereocenters. The maximum atomic E-state index is 4.73. The van der Waals surface area contributed by atoms with E-state index in [0.29, 0.717) is 12.1 Å². The van der Waals surface area contributed by atoms with Crippen LogP contribution in [-0.2, 0) is 6.42 Å². The van der Waals surface area contributed by atoms with Crippen molar-refractivity contribution in [1.82, 2.24) is 15.1 Å². The van der Waals surface area contributed by atoms with Crippen molar-refractivity contribution in [3.8, 4) is 0 Å². The van der Waals surface area contributed by atoms with E-state index in [4.69, 9.17) is 5.10 Å². The Balaban J connectivity index is 2.26. The fourth-order valence-electron chi connectivity index (χ4n) is 2.89. The molecule has 1 N–H and O–H groups in total. The molecule has 0 amide bonds. The Hall–Kier alpha value is -0.830. The van der Waals surface area contributed by atoms with Crippen LogP contribution in [0.5, 0.6) is 0 Å². The molecule has 1 aromatic rings. The first-order chi connectivity index (χ1) is 7.63. The van der Waals surface area contributed by atoms with Crippen molar-refractivity contribution in [1.29, 1.82) is 0 Å². The number of nitrogens with one attached hydrogen (secondary N) is 1. The lowest BCUT2D eigenvalue weighted by atomic mass is 10.0. The largest absolute Gasteiger partial charge is 0.314 e. The number of aryl methyl sites for hydroxylation is 1. The monoisotopic (exact) mass is 221 g/mol. The molecule has 0 spiro atoms. The Bertz CT molecular complexity index is 367. The number of hydrogen-bond acceptors (Lipinski definition) is 2. The molecule has 1 aromatic heterocycles. The molecular formula is C13H23N3. The Morgan fingerprint density at radius 1 is 1.44 bits per heavy atom. The summed E-state index contributed by atoms with van der Waals surface area (Å²) in [5.74, 6) is 0. The van der Waals surface area contributed by atoms with Gasteiger partial charge in [-0.3, -0.25) is 4.68 Å². The van der Waals surface area contributed by atoms with Gasteiger partial charge in [-0.1, -0.05) is 6.92 Å². The highest BCUT2D eigenvalue weighted by atomic mass is 15.3. The van der Waals surface area contributed by atoms with Gasteiger partial charge in [0.1, 0.15) is 0 Å². The Morgan fingerprint density at radius 2 is 2.19 bits per heavy atom. The number of aromatic nitrogens is 2. The zero-order valence-electron chi connectivity index (χ0n) is 10.9. The predicted octanol–water partition coefficient (Wildman–Crippen LogP) is 2.38. The topological polar surface area (TPSA) is 29.9 Å². The van der Waals surface area contributed by atoms with Gasteiger partial charge < -0.3 is 5.32 Å². The van der Waals surface area contributed by atoms with Crippen LogP contribution in [0.4, 0.5) is 0 Å². The van der Waals surface area contributed by atoms with Crippen molar-refractivity contribution < 1.29 is 0 Å². The molecule has 0 radical (unpaired) electrons. The third-order valence-corrected chi connectivity index (χ3v) is 3.77. The summed E-state index contributed by atoms with van der Waals surface area (Å²) < 4.78 is 2.27. The molecule has 1 fully saturated rings. The third-order valence-electron chi connectivity index (χ3n) is 3.77. The summed E-state index contributed by atoms with van der Waals surface area (Å²) in [6, 6.07) is 1.21. The number of nitrogens with zero attached hydrogens (tertiary/aromatic N) is 2. The Morgan fingerprint density at radius 3 is 2.75 bits per heavy atom. The van der Waals surface area contributed by atoms with Crippen LogP contribution < -0.4 is 5.32 Å². The van der Waals surface area contributed by atoms with Crippen LogP contribution in [0.15, 0.2) is 0 Å². The highest BCUT2D eigenvalue weighted by Gasteiger charge is 2.23. The van der Waals surface area contributed by atoms with Gasteiger partial charge >= 0.3 is 0 Å². The summed E-state index contributed by atoms with van der Waals surface area (Å²) in [5, 5.41) is 8.22. The second kappa shape index (κ2) is 4.58. The van der Waals surface area contributed by atoms with Gasteiger partial charge in [0.2, 0.25) is 0 Å². The van der Waals surface area contributed by atoms with Crippen LogP contribution in [0, 0.1) is 13.8 Å². The third kappa shape index (κ3) is 2.01. The molecule has 16 heavy (non-hydrogen) atoms. The van der Waals surface area contributed by atoms with E-state index in [1.54, 1.807) is 0 Å². The molecule has 90 valence electrons. The van der Waals surface area contributed by atoms with Crippen molar-refractivity contribution in [2.75, 3.05) is 6.54 Å². The van der Waals surface area contributed by atoms with Gasteiger partial charge in [0.15, 0.2) is 0 Å². The average molecular weight is 221 g/mol. The summed E-state index contributed by atoms with van der Waals surface area (Å²) in [6.45, 7) is 9.94. The van der Waals surface area contributed by atoms with Crippen LogP contribution in [0.25, 0.3) is 0 Å². The number of rotatable bonds is 2. The fourth-order valence-corrected chi connectivity index (χ4v) is 2.89. The first-order valence-corrected chi connectivity index (χ1v) is 6.41. The van der Waals surface area contributed by atoms with Crippen molar-refractivity contribution in [3.05, 3.63) is 17.0 Å². The van der Waals surface area contributed by atoms with E-state index in [1.165, 1.54) is 29.8 Å². The van der Waals surface area contributed by atoms with Crippen LogP contribution in [-0.4, -0.2) is 22.4 Å². The summed E-state index contributed by atoms with van der Waals surface area (Å²) in [5.41, 5.74) is 4.02. The molecule has 1 aliphatic rings. The molecule has 2 rings (SSSR count). The van der Waals surface area contributed by atoms with E-state index in [9.17, 15) is 0 Å². The second-order valence-electron chi connectivity index (χ2n) is 4.98. The van der Waals surface area contributed by atoms with Gasteiger partial charge in [-0.05, 0) is 52.1 Å². The van der Waals surface area contributed by atoms with E-state index in [-0.39, 0.29) is 0 Å². The molecule has 0 bridgehead atoms. The molecule has 3 nitrogen and oxygen atoms in total. The van der Waals surface area contributed by atoms with Gasteiger partial charge in [-0.2, -0.15) is 5.10 Å². The molecule has 3 heteroatoms. The van der Waals surface area contributed by atoms with E-state index in [1.807, 2.05) is 0 Å². The zero-order valence-corrected chi connectivity index (χ0v) is 10.9. The minimum Gasteiger partial charge on any atom is -0.314 e. The van der Waals surface area contributed by atoms with Gasteiger partial charge in [-0.15, -0.1) is 0 Å². The van der Waals surface area contributed by atoms with Crippen molar-refractivity contribution >= 4 is 0 Å². The molecule has 1 aliphatic heterocycles. The van der Waals surface area contributed by atoms with Crippen molar-refractivity contribution in [3.63, 3.8) is 0 Å². The predicted molar refractivity (Wildman–Crippen MR) is 66.8 cm³/mol. The highest BCUT2D eigenvalue weighted by Crippen LogP contribution is 2.25. The average Bonchev–Trinajstić information content (AvgIpc) is 2.54. The van der Waals surface area contributed by atoms with Crippen LogP contribution in [0.1, 0.15) is 49.7 Å². The summed E-state index contributed by atoms with van der Waals surface area (Å²) in [7, 11) is 0. The molecule has 2 atom stereocenters. The van der Waals surface area contributed by atoms with Gasteiger partial charge in [0.25, 0.3) is 0 Å². The molecule has 0 aromatic carbocycles. The number of piperidine rings is 1. The maximum absolute atomic E-state index is 4.73. The van der Waals surface area contributed by atoms with E-state index in [2.05, 4.69) is 37.7 Å². The second-order valence-corrected chi connectivity index (χ2v) is 4.98. The Labute approximate surface area is 98.2 Å². The first kappa shape index (κ1) is 11.6. The van der Waals surface area contributed by atoms with Crippen LogP contribution in [0.2, 0.25) is 0 Å². The fraction of sp³-hybridized carbons (Fsp3) is 0.769. The molecular weight excluding hydrogens is 198 g/mol. The van der Waals surface area contributed by atoms with E-state index < -0.39 is 0 Å². The molecule has 1 saturated heterocycles. The van der Waals surface area contributed by atoms with Crippen molar-refractivity contribution in [2.24, 2.45) is 0 Å². The lowest BCUT2D eigenvalue weighted by Gasteiger charge is -2.29. The lowest BCUT2D eigenvalue weighted by Crippen LogP contribution is -2.37. The SMILES string of the molecule is CCc1c(C)nn(C2CCNC(C)C2)c1C. The molecule has 0 saturated carbocycles. The molecule has 0 aliphatic carbocycles. The minimum absolute atomic E-state index is 0.593. The standard InChI is InChI=1S/C13H23N3/c1-5-13-10(3)15-16(11(13)4)12-6-7-14-9(2)8-12/h9,12,14H,5-8H2,1-4H3. The van der Waals surface area contributed by atoms with Gasteiger partial charge in [-0.25, -0.2) is 0 Å². The van der Waals surface area contributed by atoms with E-state index in [0.717, 1.165) is 13.0 Å². The van der Waals surface area contributed by atoms with Crippen molar-refractivity contribution in [2.45, 2.75) is 59.0 Å². The molecule has 2 heterocycles. The van der Waals surface area contributed by atoms with Gasteiger partial charge in [0.05, 0.1) is 11.7 Å². The first-order valence-electron chi connectivity index (χ1n) is 6.41. The summed E-state index contributed by atoms with van der Waals surface area (Å²) in [6.07, 6.45) is 3.50. The van der Waals surface area contributed by atoms with Crippen LogP contribution >= 0.6 is 0 Å². The highest BCUT2D eigenvalue weighted by molar-refractivity contribution is 5.24. The maximum Gasteiger partial charge on any atom is 0.0628 e. The Kier molecular flexibility index (Phi) is 3.33. The number of hydrogen-bond donors (Lipinski definition) is 1. The zero-order chi connectivity index (χ0) is 11.7. The normalized spacial score (nSPS) is 26.0. The quantitative estimate of drug-likeness (QED) is 0.831. The smallest absolute Gasteiger partial charge is 0.0628 e. The minimum atomic E-state index is 0.593. The van der Waals surface area contributed by atoms with E-state index >= 15 is 0 Å². The summed E-state index contributed by atoms with van der Waals surface area (Å²) >= 11 is 0.